The number of carbonyl (C=O) groups is 2. The Morgan fingerprint density at radius 2 is 1.92 bits per heavy atom. The largest absolute Gasteiger partial charge is 0.497 e. The number of hydrogen-bond donors (Lipinski definition) is 1. The van der Waals surface area contributed by atoms with Crippen LogP contribution in [0.2, 0.25) is 0 Å². The van der Waals surface area contributed by atoms with Crippen LogP contribution in [-0.4, -0.2) is 34.8 Å². The maximum absolute atomic E-state index is 12.6. The monoisotopic (exact) mass is 352 g/mol. The molecule has 1 N–H and O–H groups in total. The van der Waals surface area contributed by atoms with E-state index in [0.717, 1.165) is 22.6 Å². The molecule has 0 bridgehead atoms. The van der Waals surface area contributed by atoms with E-state index in [9.17, 15) is 9.59 Å². The van der Waals surface area contributed by atoms with E-state index in [4.69, 9.17) is 9.84 Å². The van der Waals surface area contributed by atoms with Crippen molar-refractivity contribution in [3.05, 3.63) is 65.7 Å². The summed E-state index contributed by atoms with van der Waals surface area (Å²) < 4.78 is 5.26. The van der Waals surface area contributed by atoms with Gasteiger partial charge in [0, 0.05) is 18.4 Å². The van der Waals surface area contributed by atoms with E-state index in [1.54, 1.807) is 7.11 Å². The predicted octanol–water partition coefficient (Wildman–Crippen LogP) is 3.24. The van der Waals surface area contributed by atoms with Crippen LogP contribution in [-0.2, 0) is 9.59 Å². The Balaban J connectivity index is 1.90. The van der Waals surface area contributed by atoms with Crippen molar-refractivity contribution in [2.75, 3.05) is 7.11 Å². The molecular weight excluding hydrogens is 332 g/mol. The van der Waals surface area contributed by atoms with Crippen molar-refractivity contribution in [1.82, 2.24) is 5.01 Å². The molecule has 1 atom stereocenters. The summed E-state index contributed by atoms with van der Waals surface area (Å²) in [5.74, 6) is -0.568. The van der Waals surface area contributed by atoms with Crippen LogP contribution in [0.15, 0.2) is 59.7 Å². The zero-order valence-electron chi connectivity index (χ0n) is 14.5. The van der Waals surface area contributed by atoms with Gasteiger partial charge in [-0.3, -0.25) is 9.59 Å². The summed E-state index contributed by atoms with van der Waals surface area (Å²) in [5.41, 5.74) is 2.64. The van der Waals surface area contributed by atoms with E-state index in [0.29, 0.717) is 6.42 Å². The van der Waals surface area contributed by atoms with Crippen molar-refractivity contribution < 1.29 is 19.4 Å². The Morgan fingerprint density at radius 1 is 1.15 bits per heavy atom. The smallest absolute Gasteiger partial charge is 0.303 e. The molecule has 0 saturated carbocycles. The molecule has 6 heteroatoms. The molecule has 134 valence electrons. The fourth-order valence-corrected chi connectivity index (χ4v) is 2.98. The third-order valence-electron chi connectivity index (χ3n) is 4.31. The number of ether oxygens (including phenoxy) is 1. The number of hydrazone groups is 1. The quantitative estimate of drug-likeness (QED) is 0.865. The van der Waals surface area contributed by atoms with Gasteiger partial charge in [0.05, 0.1) is 25.3 Å². The van der Waals surface area contributed by atoms with Gasteiger partial charge in [-0.15, -0.1) is 0 Å². The van der Waals surface area contributed by atoms with E-state index in [2.05, 4.69) is 5.10 Å². The van der Waals surface area contributed by atoms with Gasteiger partial charge in [0.25, 0.3) is 0 Å². The highest BCUT2D eigenvalue weighted by molar-refractivity contribution is 6.03. The molecule has 3 rings (SSSR count). The fraction of sp³-hybridized carbons (Fsp3) is 0.250. The number of carbonyl (C=O) groups excluding carboxylic acids is 1. The summed E-state index contributed by atoms with van der Waals surface area (Å²) in [7, 11) is 1.60. The Morgan fingerprint density at radius 3 is 2.62 bits per heavy atom. The standard InChI is InChI=1S/C20H20N2O4/c1-26-16-9-5-8-15(12-16)17-13-18(14-6-3-2-4-7-14)22(21-17)19(23)10-11-20(24)25/h2-9,12,18H,10-11,13H2,1H3,(H,24,25)/t18-/m0/s1. The summed E-state index contributed by atoms with van der Waals surface area (Å²) >= 11 is 0. The van der Waals surface area contributed by atoms with Gasteiger partial charge in [-0.25, -0.2) is 5.01 Å². The molecule has 0 radical (unpaired) electrons. The number of nitrogens with zero attached hydrogens (tertiary/aromatic N) is 2. The second-order valence-electron chi connectivity index (χ2n) is 6.04. The highest BCUT2D eigenvalue weighted by Crippen LogP contribution is 2.33. The first kappa shape index (κ1) is 17.7. The van der Waals surface area contributed by atoms with Crippen molar-refractivity contribution in [2.24, 2.45) is 5.10 Å². The molecule has 1 amide bonds. The van der Waals surface area contributed by atoms with Gasteiger partial charge >= 0.3 is 5.97 Å². The Kier molecular flexibility index (Phi) is 5.31. The topological polar surface area (TPSA) is 79.2 Å². The van der Waals surface area contributed by atoms with Crippen LogP contribution >= 0.6 is 0 Å². The lowest BCUT2D eigenvalue weighted by atomic mass is 9.98. The number of amides is 1. The lowest BCUT2D eigenvalue weighted by molar-refractivity contribution is -0.141. The normalized spacial score (nSPS) is 16.3. The van der Waals surface area contributed by atoms with Gasteiger partial charge in [-0.1, -0.05) is 42.5 Å². The maximum atomic E-state index is 12.6. The minimum Gasteiger partial charge on any atom is -0.497 e. The van der Waals surface area contributed by atoms with E-state index in [-0.39, 0.29) is 24.8 Å². The molecule has 0 unspecified atom stereocenters. The number of carboxylic acid groups (broad SMARTS) is 1. The summed E-state index contributed by atoms with van der Waals surface area (Å²) in [6.07, 6.45) is 0.282. The Hall–Kier alpha value is -3.15. The highest BCUT2D eigenvalue weighted by atomic mass is 16.5. The average molecular weight is 352 g/mol. The van der Waals surface area contributed by atoms with Crippen LogP contribution in [0.4, 0.5) is 0 Å². The average Bonchev–Trinajstić information content (AvgIpc) is 3.12. The summed E-state index contributed by atoms with van der Waals surface area (Å²) in [6, 6.07) is 16.9. The van der Waals surface area contributed by atoms with Crippen LogP contribution in [0.5, 0.6) is 5.75 Å². The molecule has 0 aliphatic carbocycles. The third-order valence-corrected chi connectivity index (χ3v) is 4.31. The number of carboxylic acids is 1. The van der Waals surface area contributed by atoms with Gasteiger partial charge in [0.15, 0.2) is 0 Å². The van der Waals surface area contributed by atoms with E-state index in [1.165, 1.54) is 5.01 Å². The molecule has 0 fully saturated rings. The van der Waals surface area contributed by atoms with Gasteiger partial charge in [0.1, 0.15) is 5.75 Å². The van der Waals surface area contributed by atoms with Crippen molar-refractivity contribution in [1.29, 1.82) is 0 Å². The first-order valence-electron chi connectivity index (χ1n) is 8.39. The number of aliphatic carboxylic acids is 1. The number of rotatable bonds is 6. The molecule has 0 saturated heterocycles. The highest BCUT2D eigenvalue weighted by Gasteiger charge is 2.33. The molecular formula is C20H20N2O4. The molecule has 2 aromatic carbocycles. The zero-order valence-corrected chi connectivity index (χ0v) is 14.5. The first-order valence-corrected chi connectivity index (χ1v) is 8.39. The van der Waals surface area contributed by atoms with E-state index in [1.807, 2.05) is 54.6 Å². The summed E-state index contributed by atoms with van der Waals surface area (Å²) in [6.45, 7) is 0. The lowest BCUT2D eigenvalue weighted by Crippen LogP contribution is -2.27. The van der Waals surface area contributed by atoms with Crippen LogP contribution in [0.25, 0.3) is 0 Å². The van der Waals surface area contributed by atoms with Crippen LogP contribution in [0, 0.1) is 0 Å². The number of benzene rings is 2. The molecule has 26 heavy (non-hydrogen) atoms. The number of methoxy groups -OCH3 is 1. The molecule has 6 nitrogen and oxygen atoms in total. The third kappa shape index (κ3) is 3.91. The summed E-state index contributed by atoms with van der Waals surface area (Å²) in [5, 5.41) is 14.8. The molecule has 0 spiro atoms. The minimum absolute atomic E-state index is 0.0758. The van der Waals surface area contributed by atoms with Crippen LogP contribution in [0.1, 0.15) is 36.4 Å². The predicted molar refractivity (Wildman–Crippen MR) is 97.0 cm³/mol. The van der Waals surface area contributed by atoms with Gasteiger partial charge < -0.3 is 9.84 Å². The lowest BCUT2D eigenvalue weighted by Gasteiger charge is -2.21. The van der Waals surface area contributed by atoms with Crippen LogP contribution in [0.3, 0.4) is 0 Å². The number of hydrogen-bond acceptors (Lipinski definition) is 4. The van der Waals surface area contributed by atoms with Gasteiger partial charge in [-0.05, 0) is 17.7 Å². The SMILES string of the molecule is COc1cccc(C2=NN(C(=O)CCC(=O)O)[C@H](c3ccccc3)C2)c1. The molecule has 2 aromatic rings. The Labute approximate surface area is 151 Å². The van der Waals surface area contributed by atoms with E-state index < -0.39 is 5.97 Å². The molecule has 1 heterocycles. The molecule has 0 aromatic heterocycles. The summed E-state index contributed by atoms with van der Waals surface area (Å²) in [4.78, 5) is 23.4. The second kappa shape index (κ2) is 7.82. The van der Waals surface area contributed by atoms with Gasteiger partial charge in [-0.2, -0.15) is 5.10 Å². The molecule has 1 aliphatic heterocycles. The van der Waals surface area contributed by atoms with Crippen molar-refractivity contribution >= 4 is 17.6 Å². The van der Waals surface area contributed by atoms with Crippen molar-refractivity contribution in [3.8, 4) is 5.75 Å². The fourth-order valence-electron chi connectivity index (χ4n) is 2.98. The Bertz CT molecular complexity index is 833. The zero-order chi connectivity index (χ0) is 18.5. The molecule has 1 aliphatic rings. The van der Waals surface area contributed by atoms with Gasteiger partial charge in [0.2, 0.25) is 5.91 Å². The van der Waals surface area contributed by atoms with E-state index >= 15 is 0 Å². The minimum atomic E-state index is -0.995. The second-order valence-corrected chi connectivity index (χ2v) is 6.04. The van der Waals surface area contributed by atoms with Crippen LogP contribution < -0.4 is 4.74 Å². The first-order chi connectivity index (χ1) is 12.6. The van der Waals surface area contributed by atoms with Crippen molar-refractivity contribution in [3.63, 3.8) is 0 Å². The van der Waals surface area contributed by atoms with Crippen molar-refractivity contribution in [2.45, 2.75) is 25.3 Å². The maximum Gasteiger partial charge on any atom is 0.303 e.